The Kier molecular flexibility index (Phi) is 14.2. The van der Waals surface area contributed by atoms with E-state index in [1.165, 1.54) is 11.0 Å². The fourth-order valence-corrected chi connectivity index (χ4v) is 113. The van der Waals surface area contributed by atoms with Gasteiger partial charge in [-0.1, -0.05) is 0 Å². The van der Waals surface area contributed by atoms with Gasteiger partial charge in [-0.2, -0.15) is 0 Å². The molecule has 1 aromatic rings. The number of rotatable bonds is 13. The van der Waals surface area contributed by atoms with E-state index in [2.05, 4.69) is 197 Å². The molecule has 0 fully saturated rings. The van der Waals surface area contributed by atoms with Crippen LogP contribution in [0.3, 0.4) is 0 Å². The van der Waals surface area contributed by atoms with E-state index < -0.39 is 76.7 Å². The predicted molar refractivity (Wildman–Crippen MR) is 262 cm³/mol. The van der Waals surface area contributed by atoms with Gasteiger partial charge in [-0.25, -0.2) is 0 Å². The van der Waals surface area contributed by atoms with Gasteiger partial charge in [0.2, 0.25) is 0 Å². The summed E-state index contributed by atoms with van der Waals surface area (Å²) in [5.74, 6) is 1.29. The molecule has 284 valence electrons. The minimum atomic E-state index is -2.90. The monoisotopic (exact) mass is 884 g/mol. The van der Waals surface area contributed by atoms with Gasteiger partial charge in [0.05, 0.1) is 0 Å². The van der Waals surface area contributed by atoms with Gasteiger partial charge < -0.3 is 0 Å². The van der Waals surface area contributed by atoms with Crippen molar-refractivity contribution in [2.24, 2.45) is 0 Å². The maximum atomic E-state index is 3.04. The van der Waals surface area contributed by atoms with E-state index in [1.54, 1.807) is 5.57 Å². The molecule has 1 heterocycles. The zero-order valence-electron chi connectivity index (χ0n) is 37.9. The molecule has 1 aromatic carbocycles. The van der Waals surface area contributed by atoms with Crippen molar-refractivity contribution in [1.29, 1.82) is 0 Å². The van der Waals surface area contributed by atoms with E-state index in [-0.39, 0.29) is 0 Å². The second-order valence-corrected chi connectivity index (χ2v) is 85.4. The van der Waals surface area contributed by atoms with Crippen LogP contribution in [0.15, 0.2) is 23.8 Å². The molecule has 0 saturated carbocycles. The summed E-state index contributed by atoms with van der Waals surface area (Å²) in [5, 5.41) is 3.80. The summed E-state index contributed by atoms with van der Waals surface area (Å²) in [6.07, 6.45) is 2.83. The Bertz CT molecular complexity index is 1240. The molecule has 2 rings (SSSR count). The second kappa shape index (κ2) is 14.9. The van der Waals surface area contributed by atoms with Crippen molar-refractivity contribution >= 4 is 91.2 Å². The van der Waals surface area contributed by atoms with Crippen LogP contribution in [0.5, 0.6) is 0 Å². The van der Waals surface area contributed by atoms with E-state index in [1.807, 2.05) is 16.7 Å². The molecular formula is C39H86GeSSi8. The molecule has 0 spiro atoms. The molecule has 0 bridgehead atoms. The molecular weight excluding hydrogens is 798 g/mol. The molecule has 0 nitrogen and oxygen atoms in total. The molecule has 1 unspecified atom stereocenters. The standard InChI is InChI=1S/C39H86GeSSi8/c1-31-26-27-40(41-30-31,39(48(20,21)22)49(23,24)25)35-33(37(44(8,9)10)45(11,12)13)28-32(36(42(2,3)4)43(5,6)7)29-34(35)38(46(14,15)16)47(17,18)19/h26,28-29,36-39H,27,30H2,1-25H3. The molecule has 1 aliphatic rings. The maximum absolute atomic E-state index is 3.04. The third-order valence-corrected chi connectivity index (χ3v) is 81.1. The summed E-state index contributed by atoms with van der Waals surface area (Å²) in [6, 6.07) is 6.08. The number of hydrogen-bond donors (Lipinski definition) is 0. The first kappa shape index (κ1) is 46.7. The Morgan fingerprint density at radius 2 is 0.776 bits per heavy atom. The van der Waals surface area contributed by atoms with Crippen molar-refractivity contribution in [1.82, 2.24) is 0 Å². The van der Waals surface area contributed by atoms with E-state index in [9.17, 15) is 0 Å². The third-order valence-electron chi connectivity index (χ3n) is 11.3. The predicted octanol–water partition coefficient (Wildman–Crippen LogP) is 14.2. The summed E-state index contributed by atoms with van der Waals surface area (Å²) >= 11 is -2.90. The Balaban J connectivity index is 3.68. The van der Waals surface area contributed by atoms with Crippen LogP contribution >= 0.6 is 10.1 Å². The van der Waals surface area contributed by atoms with Crippen LogP contribution in [0.2, 0.25) is 166 Å². The van der Waals surface area contributed by atoms with Gasteiger partial charge in [-0.15, -0.1) is 0 Å². The summed E-state index contributed by atoms with van der Waals surface area (Å²) in [6.45, 7) is 68.7. The topological polar surface area (TPSA) is 0 Å². The molecule has 0 saturated heterocycles. The average Bonchev–Trinajstić information content (AvgIpc) is 2.72. The second-order valence-electron chi connectivity index (χ2n) is 25.2. The molecule has 1 aliphatic heterocycles. The molecule has 49 heavy (non-hydrogen) atoms. The van der Waals surface area contributed by atoms with Gasteiger partial charge in [0.15, 0.2) is 0 Å². The van der Waals surface area contributed by atoms with Gasteiger partial charge in [0.1, 0.15) is 0 Å². The van der Waals surface area contributed by atoms with Crippen LogP contribution in [-0.2, 0) is 0 Å². The van der Waals surface area contributed by atoms with Crippen LogP contribution in [0.25, 0.3) is 0 Å². The first-order valence-electron chi connectivity index (χ1n) is 19.8. The zero-order chi connectivity index (χ0) is 38.9. The van der Waals surface area contributed by atoms with E-state index in [0.717, 1.165) is 19.5 Å². The Hall–Kier alpha value is 1.59. The Morgan fingerprint density at radius 1 is 0.469 bits per heavy atom. The fraction of sp³-hybridized carbons (Fsp3) is 0.795. The van der Waals surface area contributed by atoms with E-state index in [4.69, 9.17) is 0 Å². The first-order valence-corrected chi connectivity index (χ1v) is 55.7. The van der Waals surface area contributed by atoms with Gasteiger partial charge in [0, 0.05) is 0 Å². The van der Waals surface area contributed by atoms with Crippen molar-refractivity contribution in [3.05, 3.63) is 40.5 Å². The summed E-state index contributed by atoms with van der Waals surface area (Å²) in [5.41, 5.74) is 7.44. The molecule has 0 radical (unpaired) electrons. The SMILES string of the molecule is CC1=C[CH2][Ge]([c]2c(C([Si](C)(C)C)[Si](C)(C)C)cc(C([Si](C)(C)C)[Si](C)(C)C)cc2C([Si](C)(C)C)[Si](C)(C)C)([CH]([Si](C)(C)C)[Si](C)(C)C)[S]C1. The average molecular weight is 884 g/mol. The van der Waals surface area contributed by atoms with Crippen molar-refractivity contribution in [2.75, 3.05) is 5.75 Å². The molecule has 1 atom stereocenters. The fourth-order valence-electron chi connectivity index (χ4n) is 12.5. The first-order chi connectivity index (χ1) is 21.3. The van der Waals surface area contributed by atoms with Gasteiger partial charge >= 0.3 is 326 Å². The van der Waals surface area contributed by atoms with Crippen LogP contribution in [0.4, 0.5) is 0 Å². The molecule has 0 aliphatic carbocycles. The summed E-state index contributed by atoms with van der Waals surface area (Å²) < 4.78 is 3.12. The van der Waals surface area contributed by atoms with Crippen molar-refractivity contribution in [2.45, 2.75) is 189 Å². The summed E-state index contributed by atoms with van der Waals surface area (Å²) in [4.78, 5) is 0. The van der Waals surface area contributed by atoms with E-state index >= 15 is 0 Å². The quantitative estimate of drug-likeness (QED) is 0.140. The summed E-state index contributed by atoms with van der Waals surface area (Å²) in [7, 11) is -9.81. The number of benzene rings is 1. The minimum absolute atomic E-state index is 0.786. The van der Waals surface area contributed by atoms with Gasteiger partial charge in [-0.3, -0.25) is 0 Å². The van der Waals surface area contributed by atoms with Gasteiger partial charge in [0.25, 0.3) is 0 Å². The van der Waals surface area contributed by atoms with Crippen molar-refractivity contribution in [3.8, 4) is 0 Å². The zero-order valence-corrected chi connectivity index (χ0v) is 48.8. The number of allylic oxidation sites excluding steroid dienone is 1. The molecule has 0 amide bonds. The van der Waals surface area contributed by atoms with Crippen LogP contribution in [0.1, 0.15) is 39.1 Å². The van der Waals surface area contributed by atoms with Crippen molar-refractivity contribution < 1.29 is 0 Å². The normalized spacial score (nSPS) is 19.8. The Morgan fingerprint density at radius 3 is 1.00 bits per heavy atom. The molecule has 10 heteroatoms. The van der Waals surface area contributed by atoms with Crippen LogP contribution in [0, 0.1) is 0 Å². The Labute approximate surface area is 323 Å². The van der Waals surface area contributed by atoms with E-state index in [0.29, 0.717) is 0 Å². The third kappa shape index (κ3) is 10.9. The van der Waals surface area contributed by atoms with Gasteiger partial charge in [-0.05, 0) is 0 Å². The number of hydrogen-bond acceptors (Lipinski definition) is 1. The van der Waals surface area contributed by atoms with Crippen LogP contribution in [-0.4, -0.2) is 82.5 Å². The molecule has 0 N–H and O–H groups in total. The molecule has 0 aromatic heterocycles. The van der Waals surface area contributed by atoms with Crippen molar-refractivity contribution in [3.63, 3.8) is 0 Å². The van der Waals surface area contributed by atoms with Crippen LogP contribution < -0.4 is 4.40 Å².